The number of aromatic hydroxyl groups is 2. The lowest BCUT2D eigenvalue weighted by Crippen LogP contribution is -2.16. The Kier molecular flexibility index (Phi) is 14.1. The molecule has 0 heterocycles. The summed E-state index contributed by atoms with van der Waals surface area (Å²) in [5.41, 5.74) is 3.85. The number of phenolic OH excluding ortho intramolecular Hbond substituents is 2. The highest BCUT2D eigenvalue weighted by molar-refractivity contribution is 6.14. The number of hydrogen-bond acceptors (Lipinski definition) is 12. The van der Waals surface area contributed by atoms with Crippen molar-refractivity contribution < 1.29 is 38.9 Å². The molecule has 16 nitrogen and oxygen atoms in total. The predicted octanol–water partition coefficient (Wildman–Crippen LogP) is 13.9. The van der Waals surface area contributed by atoms with Gasteiger partial charge in [0.1, 0.15) is 22.7 Å². The Balaban J connectivity index is 0.960. The van der Waals surface area contributed by atoms with Crippen LogP contribution in [0, 0.1) is 13.8 Å². The number of rotatable bonds is 14. The number of azo groups is 2. The van der Waals surface area contributed by atoms with Gasteiger partial charge in [-0.15, -0.1) is 20.5 Å². The normalized spacial score (nSPS) is 11.2. The molecule has 9 aromatic rings. The highest BCUT2D eigenvalue weighted by Gasteiger charge is 2.24. The molecule has 0 aliphatic carbocycles. The van der Waals surface area contributed by atoms with Crippen LogP contribution in [0.2, 0.25) is 0 Å². The first-order valence-corrected chi connectivity index (χ1v) is 23.1. The predicted molar refractivity (Wildman–Crippen MR) is 286 cm³/mol. The van der Waals surface area contributed by atoms with E-state index in [4.69, 9.17) is 9.47 Å². The zero-order valence-electron chi connectivity index (χ0n) is 40.3. The van der Waals surface area contributed by atoms with Gasteiger partial charge in [-0.25, -0.2) is 0 Å². The molecule has 74 heavy (non-hydrogen) atoms. The summed E-state index contributed by atoms with van der Waals surface area (Å²) < 4.78 is 11.2. The molecule has 6 N–H and O–H groups in total. The Bertz CT molecular complexity index is 3490. The lowest BCUT2D eigenvalue weighted by Gasteiger charge is -2.17. The third-order valence-electron chi connectivity index (χ3n) is 12.2. The summed E-state index contributed by atoms with van der Waals surface area (Å²) in [6.45, 7) is 3.53. The van der Waals surface area contributed by atoms with Crippen LogP contribution in [0.1, 0.15) is 52.6 Å². The van der Waals surface area contributed by atoms with Gasteiger partial charge in [-0.05, 0) is 109 Å². The van der Waals surface area contributed by atoms with Crippen LogP contribution in [0.5, 0.6) is 23.0 Å². The second kappa shape index (κ2) is 21.4. The Labute approximate surface area is 424 Å². The molecule has 0 radical (unpaired) electrons. The minimum atomic E-state index is -0.649. The van der Waals surface area contributed by atoms with E-state index in [-0.39, 0.29) is 56.5 Å². The van der Waals surface area contributed by atoms with E-state index in [2.05, 4.69) is 41.7 Å². The molecule has 0 saturated carbocycles. The molecule has 0 atom stereocenters. The van der Waals surface area contributed by atoms with Crippen molar-refractivity contribution >= 4 is 90.7 Å². The summed E-state index contributed by atoms with van der Waals surface area (Å²) in [5, 5.41) is 54.7. The lowest BCUT2D eigenvalue weighted by atomic mass is 10.0. The first kappa shape index (κ1) is 48.8. The van der Waals surface area contributed by atoms with Gasteiger partial charge in [-0.3, -0.25) is 19.2 Å². The lowest BCUT2D eigenvalue weighted by molar-refractivity contribution is 0.101. The van der Waals surface area contributed by atoms with Gasteiger partial charge < -0.3 is 41.0 Å². The van der Waals surface area contributed by atoms with Crippen molar-refractivity contribution in [3.8, 4) is 23.0 Å². The molecule has 9 rings (SSSR count). The van der Waals surface area contributed by atoms with Crippen LogP contribution in [0.3, 0.4) is 0 Å². The van der Waals surface area contributed by atoms with Crippen molar-refractivity contribution in [3.05, 3.63) is 203 Å². The molecule has 0 aliphatic rings. The smallest absolute Gasteiger partial charge is 0.259 e. The number of carbonyl (C=O) groups is 4. The fourth-order valence-corrected chi connectivity index (χ4v) is 8.30. The van der Waals surface area contributed by atoms with Crippen molar-refractivity contribution in [2.75, 3.05) is 35.5 Å². The van der Waals surface area contributed by atoms with E-state index in [0.29, 0.717) is 55.4 Å². The second-order valence-electron chi connectivity index (χ2n) is 16.8. The zero-order chi connectivity index (χ0) is 51.9. The SMILES string of the molecule is COc1c(N=Nc2c(O)c(C(=O)Nc3ccc(NC(=O)c4cc5ccccc5c(N=Nc5cccc(C(=O)Nc6ccccc6)c5OC)c4O)c(C)c3C)cc3ccccc23)cccc1C(=O)Nc1ccccc1. The maximum absolute atomic E-state index is 14.1. The first-order valence-electron chi connectivity index (χ1n) is 23.1. The van der Waals surface area contributed by atoms with Crippen LogP contribution in [-0.4, -0.2) is 48.1 Å². The molecule has 16 heteroatoms. The number of nitrogens with zero attached hydrogens (tertiary/aromatic N) is 4. The summed E-state index contributed by atoms with van der Waals surface area (Å²) >= 11 is 0. The van der Waals surface area contributed by atoms with E-state index in [1.807, 2.05) is 12.1 Å². The minimum Gasteiger partial charge on any atom is -0.505 e. The standard InChI is InChI=1S/C58H46N8O8/c1-33-34(2)46(62-58(72)44-32-36-18-12-14-24-40(36)50(52(44)68)66-64-48-28-16-26-42(54(48)74-4)56(70)60-38-21-9-6-10-22-38)30-29-45(33)61-57(71)43-31-35-17-11-13-23-39(35)49(51(43)67)65-63-47-27-15-25-41(53(47)73-3)55(69)59-37-19-7-5-8-20-37/h5-32,67-68H,1-4H3,(H,59,69)(H,60,70)(H,61,71)(H,62,72). The van der Waals surface area contributed by atoms with E-state index in [9.17, 15) is 29.4 Å². The van der Waals surface area contributed by atoms with Crippen LogP contribution >= 0.6 is 0 Å². The van der Waals surface area contributed by atoms with Gasteiger partial charge in [0.05, 0.1) is 36.5 Å². The molecule has 4 amide bonds. The van der Waals surface area contributed by atoms with Crippen LogP contribution < -0.4 is 30.7 Å². The number of ether oxygens (including phenoxy) is 2. The van der Waals surface area contributed by atoms with E-state index >= 15 is 0 Å². The van der Waals surface area contributed by atoms with Gasteiger partial charge >= 0.3 is 0 Å². The van der Waals surface area contributed by atoms with Crippen molar-refractivity contribution in [1.82, 2.24) is 0 Å². The molecule has 0 saturated heterocycles. The molecule has 9 aromatic carbocycles. The largest absolute Gasteiger partial charge is 0.505 e. The van der Waals surface area contributed by atoms with Gasteiger partial charge in [0.15, 0.2) is 23.0 Å². The third kappa shape index (κ3) is 10.0. The van der Waals surface area contributed by atoms with Gasteiger partial charge in [0, 0.05) is 33.5 Å². The number of amides is 4. The summed E-state index contributed by atoms with van der Waals surface area (Å²) in [5.74, 6) is -2.72. The molecule has 0 bridgehead atoms. The van der Waals surface area contributed by atoms with Gasteiger partial charge in [-0.2, -0.15) is 0 Å². The molecule has 0 unspecified atom stereocenters. The number of carbonyl (C=O) groups excluding carboxylic acids is 4. The van der Waals surface area contributed by atoms with Crippen molar-refractivity contribution in [1.29, 1.82) is 0 Å². The van der Waals surface area contributed by atoms with Gasteiger partial charge in [-0.1, -0.05) is 97.1 Å². The molecular formula is C58H46N8O8. The van der Waals surface area contributed by atoms with E-state index in [1.165, 1.54) is 14.2 Å². The fraction of sp³-hybridized carbons (Fsp3) is 0.0690. The van der Waals surface area contributed by atoms with E-state index in [0.717, 1.165) is 0 Å². The van der Waals surface area contributed by atoms with Crippen molar-refractivity contribution in [2.45, 2.75) is 13.8 Å². The van der Waals surface area contributed by atoms with E-state index in [1.54, 1.807) is 172 Å². The Morgan fingerprint density at radius 3 is 1.16 bits per heavy atom. The molecular weight excluding hydrogens is 937 g/mol. The van der Waals surface area contributed by atoms with Crippen LogP contribution in [-0.2, 0) is 0 Å². The average Bonchev–Trinajstić information content (AvgIpc) is 3.42. The second-order valence-corrected chi connectivity index (χ2v) is 16.8. The highest BCUT2D eigenvalue weighted by Crippen LogP contribution is 2.43. The topological polar surface area (TPSA) is 225 Å². The first-order chi connectivity index (χ1) is 35.9. The van der Waals surface area contributed by atoms with Gasteiger partial charge in [0.25, 0.3) is 23.6 Å². The monoisotopic (exact) mass is 982 g/mol. The third-order valence-corrected chi connectivity index (χ3v) is 12.2. The maximum Gasteiger partial charge on any atom is 0.259 e. The highest BCUT2D eigenvalue weighted by atomic mass is 16.5. The summed E-state index contributed by atoms with van der Waals surface area (Å²) in [6.07, 6.45) is 0. The van der Waals surface area contributed by atoms with Crippen LogP contribution in [0.15, 0.2) is 190 Å². The zero-order valence-corrected chi connectivity index (χ0v) is 40.3. The molecule has 366 valence electrons. The number of hydrogen-bond donors (Lipinski definition) is 6. The maximum atomic E-state index is 14.1. The molecule has 0 aromatic heterocycles. The number of methoxy groups -OCH3 is 2. The van der Waals surface area contributed by atoms with Crippen molar-refractivity contribution in [2.24, 2.45) is 20.5 Å². The average molecular weight is 983 g/mol. The number of benzene rings is 9. The summed E-state index contributed by atoms with van der Waals surface area (Å²) in [4.78, 5) is 54.8. The number of anilines is 4. The van der Waals surface area contributed by atoms with Crippen molar-refractivity contribution in [3.63, 3.8) is 0 Å². The fourth-order valence-electron chi connectivity index (χ4n) is 8.30. The quantitative estimate of drug-likeness (QED) is 0.0573. The molecule has 0 spiro atoms. The number of para-hydroxylation sites is 4. The Morgan fingerprint density at radius 2 is 0.770 bits per heavy atom. The number of fused-ring (bicyclic) bond motifs is 2. The molecule has 0 fully saturated rings. The Hall–Kier alpha value is -10.2. The van der Waals surface area contributed by atoms with Gasteiger partial charge in [0.2, 0.25) is 0 Å². The van der Waals surface area contributed by atoms with Crippen LogP contribution in [0.25, 0.3) is 21.5 Å². The summed E-state index contributed by atoms with van der Waals surface area (Å²) in [7, 11) is 2.82. The number of nitrogens with one attached hydrogen (secondary N) is 4. The number of phenols is 2. The van der Waals surface area contributed by atoms with Crippen LogP contribution in [0.4, 0.5) is 45.5 Å². The molecule has 0 aliphatic heterocycles. The Morgan fingerprint density at radius 1 is 0.405 bits per heavy atom. The summed E-state index contributed by atoms with van der Waals surface area (Å²) in [6, 6.07) is 48.1. The minimum absolute atomic E-state index is 0.0134. The van der Waals surface area contributed by atoms with E-state index < -0.39 is 35.1 Å².